The van der Waals surface area contributed by atoms with E-state index in [-0.39, 0.29) is 0 Å². The van der Waals surface area contributed by atoms with E-state index in [9.17, 15) is 24.7 Å². The third-order valence-corrected chi connectivity index (χ3v) is 9.82. The summed E-state index contributed by atoms with van der Waals surface area (Å²) in [5.74, 6) is 0. The quantitative estimate of drug-likeness (QED) is 0.174. The van der Waals surface area contributed by atoms with Gasteiger partial charge in [-0.2, -0.15) is 0 Å². The molecule has 1 aromatic heterocycles. The number of hydrogen-bond donors (Lipinski definition) is 0. The molecule has 9 aromatic carbocycles. The van der Waals surface area contributed by atoms with Crippen LogP contribution in [0.2, 0.25) is 0 Å². The first-order valence-electron chi connectivity index (χ1n) is 33.9. The Labute approximate surface area is 379 Å². The van der Waals surface area contributed by atoms with Crippen molar-refractivity contribution in [1.29, 1.82) is 0 Å². The van der Waals surface area contributed by atoms with Crippen LogP contribution >= 0.6 is 0 Å². The summed E-state index contributed by atoms with van der Waals surface area (Å²) in [4.78, 5) is 0.332. The van der Waals surface area contributed by atoms with E-state index in [1.165, 1.54) is 0 Å². The molecule has 0 saturated carbocycles. The van der Waals surface area contributed by atoms with Gasteiger partial charge in [-0.1, -0.05) is 175 Å². The highest BCUT2D eigenvalue weighted by atomic mass is 16.3. The number of fused-ring (bicyclic) bond motifs is 13. The first kappa shape index (κ1) is 13.1. The molecule has 0 fully saturated rings. The second-order valence-electron chi connectivity index (χ2n) is 12.6. The Bertz CT molecular complexity index is 5030. The predicted molar refractivity (Wildman–Crippen MR) is 236 cm³/mol. The summed E-state index contributed by atoms with van der Waals surface area (Å²) in [6, 6.07) is -35.5. The predicted octanol–water partition coefficient (Wildman–Crippen LogP) is 14.7. The van der Waals surface area contributed by atoms with Gasteiger partial charge in [-0.05, 0) is 91.9 Å². The average Bonchev–Trinajstić information content (AvgIpc) is 1.48. The summed E-state index contributed by atoms with van der Waals surface area (Å²) < 4.78 is 322. The molecule has 0 unspecified atom stereocenters. The van der Waals surface area contributed by atoms with Crippen LogP contribution in [0.5, 0.6) is 0 Å². The number of benzene rings is 9. The van der Waals surface area contributed by atoms with Gasteiger partial charge in [-0.25, -0.2) is 0 Å². The smallest absolute Gasteiger partial charge is 0.143 e. The van der Waals surface area contributed by atoms with Gasteiger partial charge in [0, 0.05) is 33.3 Å². The fraction of sp³-hybridized carbons (Fsp3) is 0.0182. The molecular weight excluding hydrogens is 691 g/mol. The zero-order valence-electron chi connectivity index (χ0n) is 62.4. The Morgan fingerprint density at radius 2 is 0.912 bits per heavy atom. The van der Waals surface area contributed by atoms with Crippen molar-refractivity contribution >= 4 is 39.0 Å². The van der Waals surface area contributed by atoms with Crippen molar-refractivity contribution in [3.05, 3.63) is 234 Å². The van der Waals surface area contributed by atoms with Crippen molar-refractivity contribution in [2.75, 3.05) is 4.90 Å². The standard InChI is InChI=1S/C55H35NO/c1-2-14-36(15-3-1)37-28-32-39(33-29-37)56(40-34-30-38(31-35-40)41-20-12-22-47-45-19-7-11-27-52(45)57-54(41)47)51-26-13-21-46-44-18-6-10-25-50(44)55(53(46)51)48-23-8-4-16-42(48)43-17-5-9-24-49(43)55/h1-35H/i1D,2D,3D,4D,5D,6D,7D,8D,9D,10D,11D,12D,13D,14D,16D,17D,18D,19D,20D,21D,22D,23D,24D,25D,26D,27D,28D,29D,30D,31D,32D,33D,34D,35D. The lowest BCUT2D eigenvalue weighted by atomic mass is 9.70. The molecule has 2 nitrogen and oxygen atoms in total. The van der Waals surface area contributed by atoms with Gasteiger partial charge in [0.25, 0.3) is 0 Å². The minimum atomic E-state index is -3.19. The minimum absolute atomic E-state index is 0.332. The minimum Gasteiger partial charge on any atom is -0.455 e. The molecule has 2 heteroatoms. The molecule has 0 aliphatic heterocycles. The van der Waals surface area contributed by atoms with Gasteiger partial charge < -0.3 is 9.32 Å². The summed E-state index contributed by atoms with van der Waals surface area (Å²) in [7, 11) is 0. The van der Waals surface area contributed by atoms with Crippen LogP contribution in [0.15, 0.2) is 216 Å². The lowest BCUT2D eigenvalue weighted by molar-refractivity contribution is 0.670. The average molecular weight is 760 g/mol. The number of hydrogen-bond acceptors (Lipinski definition) is 2. The maximum Gasteiger partial charge on any atom is 0.143 e. The monoisotopic (exact) mass is 759 g/mol. The Morgan fingerprint density at radius 3 is 1.61 bits per heavy atom. The Balaban J connectivity index is 1.36. The lowest BCUT2D eigenvalue weighted by Gasteiger charge is -2.36. The first-order chi connectivity index (χ1) is 42.4. The van der Waals surface area contributed by atoms with E-state index in [2.05, 4.69) is 0 Å². The van der Waals surface area contributed by atoms with E-state index in [0.29, 0.717) is 4.90 Å². The van der Waals surface area contributed by atoms with Gasteiger partial charge in [0.1, 0.15) is 11.2 Å². The summed E-state index contributed by atoms with van der Waals surface area (Å²) in [6.07, 6.45) is 0. The lowest BCUT2D eigenvalue weighted by Crippen LogP contribution is -2.28. The molecule has 10 aromatic rings. The molecule has 1 heterocycles. The van der Waals surface area contributed by atoms with E-state index in [1.807, 2.05) is 0 Å². The summed E-state index contributed by atoms with van der Waals surface area (Å²) >= 11 is 0. The Hall–Kier alpha value is -7.42. The van der Waals surface area contributed by atoms with E-state index in [4.69, 9.17) is 26.3 Å². The molecule has 2 aliphatic carbocycles. The van der Waals surface area contributed by atoms with Gasteiger partial charge in [-0.3, -0.25) is 0 Å². The van der Waals surface area contributed by atoms with Crippen molar-refractivity contribution in [1.82, 2.24) is 0 Å². The van der Waals surface area contributed by atoms with Crippen molar-refractivity contribution in [3.8, 4) is 44.5 Å². The van der Waals surface area contributed by atoms with Crippen LogP contribution in [-0.2, 0) is 5.41 Å². The van der Waals surface area contributed by atoms with Crippen LogP contribution in [0.3, 0.4) is 0 Å². The Kier molecular flexibility index (Phi) is 2.82. The molecule has 2 aliphatic rings. The fourth-order valence-corrected chi connectivity index (χ4v) is 7.56. The second-order valence-corrected chi connectivity index (χ2v) is 12.6. The molecule has 1 spiro atoms. The zero-order chi connectivity index (χ0) is 67.1. The van der Waals surface area contributed by atoms with Crippen LogP contribution < -0.4 is 4.90 Å². The normalized spacial score (nSPS) is 21.4. The molecular formula is C55H35NO. The molecule has 0 N–H and O–H groups in total. The van der Waals surface area contributed by atoms with E-state index < -0.39 is 317 Å². The molecule has 0 amide bonds. The van der Waals surface area contributed by atoms with Gasteiger partial charge in [-0.15, -0.1) is 0 Å². The van der Waals surface area contributed by atoms with Crippen LogP contribution in [-0.4, -0.2) is 0 Å². The highest BCUT2D eigenvalue weighted by Gasteiger charge is 2.53. The largest absolute Gasteiger partial charge is 0.455 e. The maximum absolute atomic E-state index is 10.1. The topological polar surface area (TPSA) is 16.4 Å². The van der Waals surface area contributed by atoms with Crippen LogP contribution in [0.1, 0.15) is 68.9 Å². The van der Waals surface area contributed by atoms with Gasteiger partial charge in [0.15, 0.2) is 0 Å². The zero-order valence-corrected chi connectivity index (χ0v) is 28.4. The Morgan fingerprint density at radius 1 is 0.386 bits per heavy atom. The SMILES string of the molecule is [2H]c1cc(-c2c([2H])c([2H])c(N(c3c([2H])c([2H])c(-c4c([2H])c([2H])c([2H])c5c4oc4c([2H])c([2H])c([2H])c([2H])c45)c([2H])c3[2H])c3c([2H])c([2H])c([2H])c4c3C3(c5c([2H])c([2H])c([2H])c([2H])c5-c5c([2H])c([2H])c([2H])c([2H])c53)c3c([2H])c([2H])c([2H])c([2H])c3-4)c([2H])c2[2H])c([2H])c([2H])c1[2H]. The molecule has 0 radical (unpaired) electrons. The van der Waals surface area contributed by atoms with Crippen molar-refractivity contribution in [2.45, 2.75) is 5.41 Å². The molecule has 0 bridgehead atoms. The number of nitrogens with zero attached hydrogens (tertiary/aromatic N) is 1. The summed E-state index contributed by atoms with van der Waals surface area (Å²) in [6.45, 7) is 0. The summed E-state index contributed by atoms with van der Waals surface area (Å²) in [5, 5.41) is -1.04. The third kappa shape index (κ3) is 4.53. The molecule has 12 rings (SSSR count). The van der Waals surface area contributed by atoms with E-state index >= 15 is 0 Å². The van der Waals surface area contributed by atoms with Gasteiger partial charge in [0.05, 0.1) is 57.7 Å². The molecule has 0 saturated heterocycles. The fourth-order valence-electron chi connectivity index (χ4n) is 7.56. The van der Waals surface area contributed by atoms with Crippen LogP contribution in [0.25, 0.3) is 66.4 Å². The molecule has 57 heavy (non-hydrogen) atoms. The molecule has 0 atom stereocenters. The molecule has 266 valence electrons. The highest BCUT2D eigenvalue weighted by Crippen LogP contribution is 2.65. The highest BCUT2D eigenvalue weighted by molar-refractivity contribution is 6.09. The number of anilines is 3. The number of rotatable bonds is 5. The number of para-hydroxylation sites is 2. The van der Waals surface area contributed by atoms with Crippen LogP contribution in [0, 0.1) is 0 Å². The number of furan rings is 1. The first-order valence-corrected chi connectivity index (χ1v) is 16.9. The maximum atomic E-state index is 10.1. The summed E-state index contributed by atoms with van der Waals surface area (Å²) in [5.41, 5.74) is -18.2. The van der Waals surface area contributed by atoms with Crippen LogP contribution in [0.4, 0.5) is 17.1 Å². The van der Waals surface area contributed by atoms with E-state index in [1.54, 1.807) is 0 Å². The van der Waals surface area contributed by atoms with Gasteiger partial charge >= 0.3 is 0 Å². The third-order valence-electron chi connectivity index (χ3n) is 9.82. The second kappa shape index (κ2) is 12.3. The van der Waals surface area contributed by atoms with Crippen molar-refractivity contribution in [3.63, 3.8) is 0 Å². The van der Waals surface area contributed by atoms with Gasteiger partial charge in [0.2, 0.25) is 0 Å². The van der Waals surface area contributed by atoms with Crippen molar-refractivity contribution < 1.29 is 51.0 Å². The van der Waals surface area contributed by atoms with E-state index in [0.717, 1.165) is 6.07 Å². The van der Waals surface area contributed by atoms with Crippen molar-refractivity contribution in [2.24, 2.45) is 0 Å².